The predicted octanol–water partition coefficient (Wildman–Crippen LogP) is 2.08. The molecule has 3 aliphatic rings. The van der Waals surface area contributed by atoms with Crippen LogP contribution in [-0.2, 0) is 9.53 Å². The van der Waals surface area contributed by atoms with Gasteiger partial charge in [-0.1, -0.05) is 24.3 Å². The molecule has 170 valence electrons. The van der Waals surface area contributed by atoms with Gasteiger partial charge in [-0.05, 0) is 42.2 Å². The van der Waals surface area contributed by atoms with E-state index in [-0.39, 0.29) is 11.8 Å². The maximum Gasteiger partial charge on any atom is 0.254 e. The van der Waals surface area contributed by atoms with E-state index >= 15 is 0 Å². The summed E-state index contributed by atoms with van der Waals surface area (Å²) in [6, 6.07) is 14.3. The highest BCUT2D eigenvalue weighted by molar-refractivity contribution is 5.95. The van der Waals surface area contributed by atoms with Gasteiger partial charge in [0.25, 0.3) is 11.8 Å². The first-order chi connectivity index (χ1) is 16.0. The third kappa shape index (κ3) is 3.59. The van der Waals surface area contributed by atoms with Crippen molar-refractivity contribution in [2.45, 2.75) is 24.5 Å². The average molecular weight is 447 g/mol. The van der Waals surface area contributed by atoms with Crippen LogP contribution in [0.3, 0.4) is 0 Å². The summed E-state index contributed by atoms with van der Waals surface area (Å²) in [5.41, 5.74) is 2.70. The van der Waals surface area contributed by atoms with Crippen LogP contribution >= 0.6 is 0 Å². The molecule has 2 aliphatic heterocycles. The zero-order valence-electron chi connectivity index (χ0n) is 18.3. The summed E-state index contributed by atoms with van der Waals surface area (Å²) in [5, 5.41) is 15.7. The Kier molecular flexibility index (Phi) is 4.74. The second-order valence-corrected chi connectivity index (χ2v) is 9.25. The minimum absolute atomic E-state index is 0.0303. The second kappa shape index (κ2) is 7.67. The Balaban J connectivity index is 1.15. The molecule has 1 saturated carbocycles. The van der Waals surface area contributed by atoms with Crippen LogP contribution in [0.4, 0.5) is 0 Å². The number of hydrogen-bond acceptors (Lipinski definition) is 5. The minimum Gasteiger partial charge on any atom is -0.380 e. The number of carbonyl (C=O) groups is 2. The van der Waals surface area contributed by atoms with Crippen LogP contribution in [0.1, 0.15) is 29.2 Å². The number of benzene rings is 2. The van der Waals surface area contributed by atoms with E-state index in [0.29, 0.717) is 63.8 Å². The zero-order chi connectivity index (χ0) is 22.6. The highest BCUT2D eigenvalue weighted by Gasteiger charge is 2.50. The molecule has 6 rings (SSSR count). The first-order valence-electron chi connectivity index (χ1n) is 11.5. The summed E-state index contributed by atoms with van der Waals surface area (Å²) < 4.78 is 7.35. The standard InChI is InChI=1S/C25H26N4O4/c30-23(27-9-11-28(12-10-27)24(31)25(32)7-8-25)18-3-1-17(2-4-18)19-5-6-20-14-26-29(22(20)13-19)21-15-33-16-21/h1-6,13-14,21,32H,7-12,15-16H2. The highest BCUT2D eigenvalue weighted by atomic mass is 16.5. The highest BCUT2D eigenvalue weighted by Crippen LogP contribution is 2.37. The number of hydrogen-bond donors (Lipinski definition) is 1. The molecule has 8 heteroatoms. The topological polar surface area (TPSA) is 87.9 Å². The fourth-order valence-corrected chi connectivity index (χ4v) is 4.60. The SMILES string of the molecule is O=C(c1ccc(-c2ccc3cnn(C4COC4)c3c2)cc1)N1CCN(C(=O)C2(O)CC2)CC1. The molecule has 3 fully saturated rings. The summed E-state index contributed by atoms with van der Waals surface area (Å²) in [6.07, 6.45) is 2.97. The Morgan fingerprint density at radius 2 is 1.61 bits per heavy atom. The Hall–Kier alpha value is -3.23. The van der Waals surface area contributed by atoms with Crippen molar-refractivity contribution in [1.82, 2.24) is 19.6 Å². The molecular weight excluding hydrogens is 420 g/mol. The molecule has 0 unspecified atom stereocenters. The molecule has 1 aliphatic carbocycles. The van der Waals surface area contributed by atoms with Gasteiger partial charge in [-0.15, -0.1) is 0 Å². The van der Waals surface area contributed by atoms with E-state index in [2.05, 4.69) is 23.3 Å². The molecule has 3 heterocycles. The lowest BCUT2D eigenvalue weighted by Crippen LogP contribution is -2.53. The molecule has 0 bridgehead atoms. The average Bonchev–Trinajstić information content (AvgIpc) is 3.45. The molecule has 3 aromatic rings. The van der Waals surface area contributed by atoms with Crippen LogP contribution < -0.4 is 0 Å². The van der Waals surface area contributed by atoms with Crippen LogP contribution in [-0.4, -0.2) is 81.5 Å². The normalized spacial score (nSPS) is 20.0. The summed E-state index contributed by atoms with van der Waals surface area (Å²) >= 11 is 0. The summed E-state index contributed by atoms with van der Waals surface area (Å²) in [7, 11) is 0. The van der Waals surface area contributed by atoms with Crippen LogP contribution in [0.25, 0.3) is 22.0 Å². The van der Waals surface area contributed by atoms with Crippen molar-refractivity contribution in [2.75, 3.05) is 39.4 Å². The quantitative estimate of drug-likeness (QED) is 0.663. The molecule has 0 radical (unpaired) electrons. The van der Waals surface area contributed by atoms with Gasteiger partial charge in [0.05, 0.1) is 31.0 Å². The van der Waals surface area contributed by atoms with E-state index < -0.39 is 5.60 Å². The monoisotopic (exact) mass is 446 g/mol. The molecular formula is C25H26N4O4. The largest absolute Gasteiger partial charge is 0.380 e. The van der Waals surface area contributed by atoms with Gasteiger partial charge >= 0.3 is 0 Å². The summed E-state index contributed by atoms with van der Waals surface area (Å²) in [6.45, 7) is 3.28. The van der Waals surface area contributed by atoms with E-state index in [1.54, 1.807) is 9.80 Å². The van der Waals surface area contributed by atoms with E-state index in [9.17, 15) is 14.7 Å². The smallest absolute Gasteiger partial charge is 0.254 e. The first kappa shape index (κ1) is 20.4. The molecule has 33 heavy (non-hydrogen) atoms. The Labute approximate surface area is 191 Å². The number of carbonyl (C=O) groups excluding carboxylic acids is 2. The van der Waals surface area contributed by atoms with E-state index in [1.165, 1.54) is 0 Å². The number of piperazine rings is 1. The molecule has 0 spiro atoms. The van der Waals surface area contributed by atoms with Crippen LogP contribution in [0.2, 0.25) is 0 Å². The maximum atomic E-state index is 13.0. The number of amides is 2. The molecule has 8 nitrogen and oxygen atoms in total. The van der Waals surface area contributed by atoms with Crippen molar-refractivity contribution in [3.63, 3.8) is 0 Å². The lowest BCUT2D eigenvalue weighted by Gasteiger charge is -2.35. The number of nitrogens with zero attached hydrogens (tertiary/aromatic N) is 4. The number of fused-ring (bicyclic) bond motifs is 1. The molecule has 2 amide bonds. The Morgan fingerprint density at radius 1 is 0.939 bits per heavy atom. The molecule has 1 N–H and O–H groups in total. The van der Waals surface area contributed by atoms with E-state index in [4.69, 9.17) is 4.74 Å². The van der Waals surface area contributed by atoms with E-state index in [0.717, 1.165) is 22.0 Å². The van der Waals surface area contributed by atoms with Gasteiger partial charge in [-0.2, -0.15) is 5.10 Å². The lowest BCUT2D eigenvalue weighted by atomic mass is 10.0. The number of aromatic nitrogens is 2. The van der Waals surface area contributed by atoms with Gasteiger partial charge in [-0.25, -0.2) is 0 Å². The maximum absolute atomic E-state index is 13.0. The van der Waals surface area contributed by atoms with Crippen molar-refractivity contribution < 1.29 is 19.4 Å². The molecule has 2 saturated heterocycles. The van der Waals surface area contributed by atoms with Gasteiger partial charge in [0, 0.05) is 37.1 Å². The van der Waals surface area contributed by atoms with Crippen molar-refractivity contribution in [1.29, 1.82) is 0 Å². The number of ether oxygens (including phenoxy) is 1. The molecule has 1 aromatic heterocycles. The lowest BCUT2D eigenvalue weighted by molar-refractivity contribution is -0.143. The van der Waals surface area contributed by atoms with Crippen molar-refractivity contribution >= 4 is 22.7 Å². The Morgan fingerprint density at radius 3 is 2.24 bits per heavy atom. The van der Waals surface area contributed by atoms with E-state index in [1.807, 2.05) is 35.1 Å². The van der Waals surface area contributed by atoms with Crippen molar-refractivity contribution in [3.05, 3.63) is 54.2 Å². The fourth-order valence-electron chi connectivity index (χ4n) is 4.60. The molecule has 2 aromatic carbocycles. The van der Waals surface area contributed by atoms with Gasteiger partial charge in [0.1, 0.15) is 5.60 Å². The van der Waals surface area contributed by atoms with Gasteiger partial charge in [0.2, 0.25) is 0 Å². The summed E-state index contributed by atoms with van der Waals surface area (Å²) in [4.78, 5) is 28.7. The third-order valence-corrected chi connectivity index (χ3v) is 7.01. The molecule has 0 atom stereocenters. The van der Waals surface area contributed by atoms with Gasteiger partial charge in [0.15, 0.2) is 0 Å². The van der Waals surface area contributed by atoms with Gasteiger partial charge < -0.3 is 19.6 Å². The second-order valence-electron chi connectivity index (χ2n) is 9.25. The van der Waals surface area contributed by atoms with Gasteiger partial charge in [-0.3, -0.25) is 14.3 Å². The number of aliphatic hydroxyl groups is 1. The van der Waals surface area contributed by atoms with Crippen molar-refractivity contribution in [3.8, 4) is 11.1 Å². The van der Waals surface area contributed by atoms with Crippen molar-refractivity contribution in [2.24, 2.45) is 0 Å². The summed E-state index contributed by atoms with van der Waals surface area (Å²) in [5.74, 6) is -0.223. The Bertz CT molecular complexity index is 1220. The number of rotatable bonds is 4. The zero-order valence-corrected chi connectivity index (χ0v) is 18.3. The predicted molar refractivity (Wildman–Crippen MR) is 122 cm³/mol. The van der Waals surface area contributed by atoms with Crippen LogP contribution in [0.15, 0.2) is 48.7 Å². The fraction of sp³-hybridized carbons (Fsp3) is 0.400. The minimum atomic E-state index is -1.14. The van der Waals surface area contributed by atoms with Crippen LogP contribution in [0, 0.1) is 0 Å². The first-order valence-corrected chi connectivity index (χ1v) is 11.5. The third-order valence-electron chi connectivity index (χ3n) is 7.01. The van der Waals surface area contributed by atoms with Crippen LogP contribution in [0.5, 0.6) is 0 Å².